The Morgan fingerprint density at radius 2 is 1.96 bits per heavy atom. The summed E-state index contributed by atoms with van der Waals surface area (Å²) in [5, 5.41) is 5.75. The van der Waals surface area contributed by atoms with E-state index >= 15 is 0 Å². The summed E-state index contributed by atoms with van der Waals surface area (Å²) in [4.78, 5) is 15.4. The van der Waals surface area contributed by atoms with Gasteiger partial charge in [0, 0.05) is 24.3 Å². The van der Waals surface area contributed by atoms with Crippen molar-refractivity contribution in [2.75, 3.05) is 25.0 Å². The molecule has 0 fully saturated rings. The van der Waals surface area contributed by atoms with Crippen molar-refractivity contribution in [3.05, 3.63) is 52.1 Å². The summed E-state index contributed by atoms with van der Waals surface area (Å²) in [5.41, 5.74) is -0.868. The number of rotatable bonds is 7. The van der Waals surface area contributed by atoms with Crippen LogP contribution in [-0.4, -0.2) is 30.6 Å². The first kappa shape index (κ1) is 20.1. The summed E-state index contributed by atoms with van der Waals surface area (Å²) in [6.07, 6.45) is -3.26. The van der Waals surface area contributed by atoms with Crippen LogP contribution in [0.2, 0.25) is 10.0 Å². The standard InChI is InChI=1S/C16H14Cl2F3N3O2/c17-10-3-4-13(12(18)8-10)26-9-14(25)22-6-7-24-15-11(16(19,20)21)2-1-5-23-15/h1-5,8H,6-7,9H2,(H,22,25)(H,23,24). The number of carbonyl (C=O) groups excluding carboxylic acids is 1. The van der Waals surface area contributed by atoms with E-state index in [1.807, 2.05) is 0 Å². The minimum Gasteiger partial charge on any atom is -0.482 e. The highest BCUT2D eigenvalue weighted by atomic mass is 35.5. The maximum Gasteiger partial charge on any atom is 0.419 e. The van der Waals surface area contributed by atoms with Gasteiger partial charge in [0.2, 0.25) is 0 Å². The number of pyridine rings is 1. The average Bonchev–Trinajstić information content (AvgIpc) is 2.57. The first-order valence-corrected chi connectivity index (χ1v) is 8.13. The third-order valence-electron chi connectivity index (χ3n) is 3.11. The number of alkyl halides is 3. The maximum absolute atomic E-state index is 12.8. The van der Waals surface area contributed by atoms with Crippen LogP contribution in [0.5, 0.6) is 5.75 Å². The number of halogens is 5. The summed E-state index contributed by atoms with van der Waals surface area (Å²) < 4.78 is 43.7. The van der Waals surface area contributed by atoms with Crippen LogP contribution in [0.3, 0.4) is 0 Å². The number of benzene rings is 1. The van der Waals surface area contributed by atoms with Gasteiger partial charge in [0.05, 0.1) is 10.6 Å². The van der Waals surface area contributed by atoms with Gasteiger partial charge in [0.25, 0.3) is 5.91 Å². The Morgan fingerprint density at radius 1 is 1.19 bits per heavy atom. The zero-order valence-corrected chi connectivity index (χ0v) is 14.8. The number of nitrogens with one attached hydrogen (secondary N) is 2. The van der Waals surface area contributed by atoms with Gasteiger partial charge < -0.3 is 15.4 Å². The predicted molar refractivity (Wildman–Crippen MR) is 92.7 cm³/mol. The fraction of sp³-hybridized carbons (Fsp3) is 0.250. The molecule has 1 aromatic heterocycles. The Kier molecular flexibility index (Phi) is 6.93. The lowest BCUT2D eigenvalue weighted by Gasteiger charge is -2.13. The molecule has 1 aromatic carbocycles. The molecule has 2 rings (SSSR count). The summed E-state index contributed by atoms with van der Waals surface area (Å²) in [5.74, 6) is -0.444. The van der Waals surface area contributed by atoms with Crippen LogP contribution in [0.15, 0.2) is 36.5 Å². The maximum atomic E-state index is 12.8. The number of hydrogen-bond acceptors (Lipinski definition) is 4. The Hall–Kier alpha value is -2.19. The van der Waals surface area contributed by atoms with Gasteiger partial charge in [-0.3, -0.25) is 4.79 Å². The van der Waals surface area contributed by atoms with Gasteiger partial charge in [-0.1, -0.05) is 23.2 Å². The highest BCUT2D eigenvalue weighted by molar-refractivity contribution is 6.35. The molecule has 0 aliphatic rings. The SMILES string of the molecule is O=C(COc1ccc(Cl)cc1Cl)NCCNc1ncccc1C(F)(F)F. The van der Waals surface area contributed by atoms with Crippen LogP contribution in [0, 0.1) is 0 Å². The number of ether oxygens (including phenoxy) is 1. The third-order valence-corrected chi connectivity index (χ3v) is 3.64. The van der Waals surface area contributed by atoms with Crippen molar-refractivity contribution in [2.24, 2.45) is 0 Å². The van der Waals surface area contributed by atoms with Crippen molar-refractivity contribution < 1.29 is 22.7 Å². The zero-order valence-electron chi connectivity index (χ0n) is 13.2. The molecule has 0 saturated carbocycles. The molecule has 1 amide bonds. The number of anilines is 1. The second kappa shape index (κ2) is 8.95. The van der Waals surface area contributed by atoms with Gasteiger partial charge in [-0.25, -0.2) is 4.98 Å². The summed E-state index contributed by atoms with van der Waals surface area (Å²) in [6, 6.07) is 6.70. The fourth-order valence-electron chi connectivity index (χ4n) is 1.94. The highest BCUT2D eigenvalue weighted by Crippen LogP contribution is 2.33. The first-order valence-electron chi connectivity index (χ1n) is 7.38. The van der Waals surface area contributed by atoms with Gasteiger partial charge in [-0.2, -0.15) is 13.2 Å². The van der Waals surface area contributed by atoms with E-state index in [0.717, 1.165) is 6.07 Å². The number of amides is 1. The normalized spacial score (nSPS) is 11.1. The molecule has 0 saturated heterocycles. The lowest BCUT2D eigenvalue weighted by Crippen LogP contribution is -2.33. The summed E-state index contributed by atoms with van der Waals surface area (Å²) in [7, 11) is 0. The molecule has 0 unspecified atom stereocenters. The molecule has 0 bridgehead atoms. The van der Waals surface area contributed by atoms with Crippen LogP contribution in [0.1, 0.15) is 5.56 Å². The van der Waals surface area contributed by atoms with Crippen molar-refractivity contribution in [2.45, 2.75) is 6.18 Å². The van der Waals surface area contributed by atoms with Gasteiger partial charge in [0.15, 0.2) is 6.61 Å². The van der Waals surface area contributed by atoms with Crippen LogP contribution < -0.4 is 15.4 Å². The molecule has 0 atom stereocenters. The Labute approximate surface area is 157 Å². The minimum atomic E-state index is -4.51. The molecular weight excluding hydrogens is 394 g/mol. The van der Waals surface area contributed by atoms with Crippen molar-refractivity contribution in [3.8, 4) is 5.75 Å². The van der Waals surface area contributed by atoms with E-state index in [2.05, 4.69) is 15.6 Å². The fourth-order valence-corrected chi connectivity index (χ4v) is 2.41. The van der Waals surface area contributed by atoms with Crippen molar-refractivity contribution in [1.82, 2.24) is 10.3 Å². The minimum absolute atomic E-state index is 0.0630. The lowest BCUT2D eigenvalue weighted by molar-refractivity contribution is -0.137. The largest absolute Gasteiger partial charge is 0.482 e. The monoisotopic (exact) mass is 407 g/mol. The number of nitrogens with zero attached hydrogens (tertiary/aromatic N) is 1. The van der Waals surface area contributed by atoms with E-state index < -0.39 is 17.6 Å². The van der Waals surface area contributed by atoms with Crippen molar-refractivity contribution in [3.63, 3.8) is 0 Å². The zero-order chi connectivity index (χ0) is 19.2. The molecule has 0 radical (unpaired) electrons. The molecule has 2 N–H and O–H groups in total. The Balaban J connectivity index is 1.76. The number of hydrogen-bond donors (Lipinski definition) is 2. The molecule has 0 aliphatic heterocycles. The number of carbonyl (C=O) groups is 1. The predicted octanol–water partition coefficient (Wildman–Crippen LogP) is 4.01. The molecular formula is C16H14Cl2F3N3O2. The molecule has 1 heterocycles. The van der Waals surface area contributed by atoms with E-state index in [-0.39, 0.29) is 30.5 Å². The Bertz CT molecular complexity index is 773. The van der Waals surface area contributed by atoms with Crippen LogP contribution in [-0.2, 0) is 11.0 Å². The van der Waals surface area contributed by atoms with E-state index in [9.17, 15) is 18.0 Å². The molecule has 26 heavy (non-hydrogen) atoms. The quantitative estimate of drug-likeness (QED) is 0.680. The third kappa shape index (κ3) is 5.96. The Morgan fingerprint density at radius 3 is 2.65 bits per heavy atom. The molecule has 2 aromatic rings. The summed E-state index contributed by atoms with van der Waals surface area (Å²) >= 11 is 11.7. The second-order valence-corrected chi connectivity index (χ2v) is 5.88. The van der Waals surface area contributed by atoms with E-state index in [1.165, 1.54) is 24.4 Å². The molecule has 10 heteroatoms. The van der Waals surface area contributed by atoms with E-state index in [0.29, 0.717) is 10.8 Å². The first-order chi connectivity index (χ1) is 12.3. The smallest absolute Gasteiger partial charge is 0.419 e. The average molecular weight is 408 g/mol. The van der Waals surface area contributed by atoms with Crippen molar-refractivity contribution in [1.29, 1.82) is 0 Å². The van der Waals surface area contributed by atoms with Crippen LogP contribution in [0.25, 0.3) is 0 Å². The number of aromatic nitrogens is 1. The van der Waals surface area contributed by atoms with E-state index in [1.54, 1.807) is 6.07 Å². The van der Waals surface area contributed by atoms with Gasteiger partial charge >= 0.3 is 6.18 Å². The van der Waals surface area contributed by atoms with Crippen LogP contribution in [0.4, 0.5) is 19.0 Å². The summed E-state index contributed by atoms with van der Waals surface area (Å²) in [6.45, 7) is -0.142. The molecule has 0 spiro atoms. The van der Waals surface area contributed by atoms with Gasteiger partial charge in [-0.15, -0.1) is 0 Å². The van der Waals surface area contributed by atoms with Gasteiger partial charge in [0.1, 0.15) is 11.6 Å². The van der Waals surface area contributed by atoms with E-state index in [4.69, 9.17) is 27.9 Å². The van der Waals surface area contributed by atoms with Crippen LogP contribution >= 0.6 is 23.2 Å². The molecule has 5 nitrogen and oxygen atoms in total. The topological polar surface area (TPSA) is 63.2 Å². The molecule has 0 aliphatic carbocycles. The lowest BCUT2D eigenvalue weighted by atomic mass is 10.2. The highest BCUT2D eigenvalue weighted by Gasteiger charge is 2.33. The van der Waals surface area contributed by atoms with Gasteiger partial charge in [-0.05, 0) is 30.3 Å². The molecule has 140 valence electrons. The second-order valence-electron chi connectivity index (χ2n) is 5.04. The van der Waals surface area contributed by atoms with Crippen molar-refractivity contribution >= 4 is 34.9 Å².